The minimum Gasteiger partial charge on any atom is -0.487 e. The van der Waals surface area contributed by atoms with E-state index in [2.05, 4.69) is 21.7 Å². The Bertz CT molecular complexity index is 1360. The summed E-state index contributed by atoms with van der Waals surface area (Å²) in [5.41, 5.74) is 3.95. The molecular weight excluding hydrogens is 447 g/mol. The second-order valence-corrected chi connectivity index (χ2v) is 8.95. The van der Waals surface area contributed by atoms with Crippen LogP contribution in [0.25, 0.3) is 10.2 Å². The van der Waals surface area contributed by atoms with E-state index in [1.807, 2.05) is 6.07 Å². The van der Waals surface area contributed by atoms with E-state index in [4.69, 9.17) is 16.3 Å². The molecule has 2 aromatic carbocycles. The number of hydrogen-bond acceptors (Lipinski definition) is 6. The molecule has 2 N–H and O–H groups in total. The second kappa shape index (κ2) is 8.75. The van der Waals surface area contributed by atoms with Crippen molar-refractivity contribution < 1.29 is 9.13 Å². The van der Waals surface area contributed by atoms with Gasteiger partial charge in [0.1, 0.15) is 29.1 Å². The molecule has 0 radical (unpaired) electrons. The van der Waals surface area contributed by atoms with Gasteiger partial charge in [0.25, 0.3) is 0 Å². The molecule has 0 atom stereocenters. The van der Waals surface area contributed by atoms with Crippen molar-refractivity contribution in [2.45, 2.75) is 19.6 Å². The highest BCUT2D eigenvalue weighted by Gasteiger charge is 2.21. The summed E-state index contributed by atoms with van der Waals surface area (Å²) < 4.78 is 19.1. The molecule has 8 heteroatoms. The number of nitrogens with one attached hydrogen (secondary N) is 2. The van der Waals surface area contributed by atoms with Crippen LogP contribution in [0.5, 0.6) is 5.75 Å². The molecule has 0 bridgehead atoms. The van der Waals surface area contributed by atoms with Gasteiger partial charge < -0.3 is 15.4 Å². The standard InChI is InChI=1S/C24H18ClFN4OS/c25-19-9-17(4-5-20(19)31-13-14-2-1-3-16(26)8-14)30-23-15(10-27)11-29-24-22(23)18-6-7-28-12-21(18)32-24/h1-5,8-9,11,28H,6-7,12-13H2,(H,29,30). The molecule has 0 saturated carbocycles. The van der Waals surface area contributed by atoms with E-state index < -0.39 is 0 Å². The average molecular weight is 465 g/mol. The van der Waals surface area contributed by atoms with Gasteiger partial charge in [-0.2, -0.15) is 5.26 Å². The maximum absolute atomic E-state index is 13.4. The zero-order valence-electron chi connectivity index (χ0n) is 16.9. The molecule has 5 rings (SSSR count). The summed E-state index contributed by atoms with van der Waals surface area (Å²) in [4.78, 5) is 6.68. The maximum Gasteiger partial charge on any atom is 0.138 e. The fourth-order valence-corrected chi connectivity index (χ4v) is 5.24. The van der Waals surface area contributed by atoms with Gasteiger partial charge in [0.2, 0.25) is 0 Å². The molecule has 0 unspecified atom stereocenters. The predicted molar refractivity (Wildman–Crippen MR) is 125 cm³/mol. The highest BCUT2D eigenvalue weighted by molar-refractivity contribution is 7.19. The second-order valence-electron chi connectivity index (χ2n) is 7.46. The highest BCUT2D eigenvalue weighted by Crippen LogP contribution is 2.40. The van der Waals surface area contributed by atoms with Crippen molar-refractivity contribution in [2.24, 2.45) is 0 Å². The van der Waals surface area contributed by atoms with Gasteiger partial charge in [0.15, 0.2) is 0 Å². The normalized spacial score (nSPS) is 12.9. The number of nitrogens with zero attached hydrogens (tertiary/aromatic N) is 2. The van der Waals surface area contributed by atoms with Crippen molar-refractivity contribution in [3.63, 3.8) is 0 Å². The fraction of sp³-hybridized carbons (Fsp3) is 0.167. The monoisotopic (exact) mass is 464 g/mol. The number of benzene rings is 2. The predicted octanol–water partition coefficient (Wildman–Crippen LogP) is 5.93. The Labute approximate surface area is 193 Å². The van der Waals surface area contributed by atoms with Crippen molar-refractivity contribution in [2.75, 3.05) is 11.9 Å². The Kier molecular flexibility index (Phi) is 5.66. The van der Waals surface area contributed by atoms with E-state index >= 15 is 0 Å². The third-order valence-corrected chi connectivity index (χ3v) is 6.78. The van der Waals surface area contributed by atoms with Gasteiger partial charge in [-0.05, 0) is 54.4 Å². The van der Waals surface area contributed by atoms with Crippen LogP contribution >= 0.6 is 22.9 Å². The van der Waals surface area contributed by atoms with Crippen LogP contribution in [0.1, 0.15) is 21.6 Å². The number of hydrogen-bond donors (Lipinski definition) is 2. The molecule has 2 aromatic heterocycles. The Morgan fingerprint density at radius 1 is 1.28 bits per heavy atom. The molecular formula is C24H18ClFN4OS. The summed E-state index contributed by atoms with van der Waals surface area (Å²) in [6.45, 7) is 1.93. The molecule has 32 heavy (non-hydrogen) atoms. The number of halogens is 2. The van der Waals surface area contributed by atoms with Crippen LogP contribution in [-0.4, -0.2) is 11.5 Å². The lowest BCUT2D eigenvalue weighted by molar-refractivity contribution is 0.306. The number of aromatic nitrogens is 1. The number of anilines is 2. The van der Waals surface area contributed by atoms with Crippen molar-refractivity contribution in [3.05, 3.63) is 81.1 Å². The summed E-state index contributed by atoms with van der Waals surface area (Å²) in [6.07, 6.45) is 2.51. The van der Waals surface area contributed by atoms with Crippen LogP contribution < -0.4 is 15.4 Å². The van der Waals surface area contributed by atoms with Crippen LogP contribution in [0.2, 0.25) is 5.02 Å². The van der Waals surface area contributed by atoms with Gasteiger partial charge >= 0.3 is 0 Å². The minimum absolute atomic E-state index is 0.211. The summed E-state index contributed by atoms with van der Waals surface area (Å²) in [6, 6.07) is 13.9. The molecule has 0 aliphatic carbocycles. The first-order chi connectivity index (χ1) is 15.6. The van der Waals surface area contributed by atoms with E-state index in [0.717, 1.165) is 46.7 Å². The van der Waals surface area contributed by atoms with Crippen molar-refractivity contribution in [1.29, 1.82) is 5.26 Å². The molecule has 0 fully saturated rings. The molecule has 0 saturated heterocycles. The number of thiophene rings is 1. The molecule has 160 valence electrons. The number of pyridine rings is 1. The topological polar surface area (TPSA) is 70.0 Å². The maximum atomic E-state index is 13.4. The van der Waals surface area contributed by atoms with Crippen LogP contribution in [0, 0.1) is 17.1 Å². The molecule has 4 aromatic rings. The van der Waals surface area contributed by atoms with Crippen LogP contribution in [0.15, 0.2) is 48.7 Å². The van der Waals surface area contributed by atoms with Crippen molar-refractivity contribution >= 4 is 44.5 Å². The van der Waals surface area contributed by atoms with Gasteiger partial charge in [-0.3, -0.25) is 0 Å². The van der Waals surface area contributed by atoms with Crippen LogP contribution in [0.3, 0.4) is 0 Å². The first-order valence-corrected chi connectivity index (χ1v) is 11.3. The first-order valence-electron chi connectivity index (χ1n) is 10.1. The van der Waals surface area contributed by atoms with Gasteiger partial charge in [0.05, 0.1) is 16.3 Å². The molecule has 1 aliphatic rings. The van der Waals surface area contributed by atoms with Gasteiger partial charge in [-0.25, -0.2) is 9.37 Å². The molecule has 1 aliphatic heterocycles. The Balaban J connectivity index is 1.43. The zero-order chi connectivity index (χ0) is 22.1. The third-order valence-electron chi connectivity index (χ3n) is 5.34. The quantitative estimate of drug-likeness (QED) is 0.383. The van der Waals surface area contributed by atoms with Crippen molar-refractivity contribution in [3.8, 4) is 11.8 Å². The average Bonchev–Trinajstić information content (AvgIpc) is 3.18. The van der Waals surface area contributed by atoms with Gasteiger partial charge in [0, 0.05) is 28.7 Å². The highest BCUT2D eigenvalue weighted by atomic mass is 35.5. The SMILES string of the molecule is N#Cc1cnc2sc3c(c2c1Nc1ccc(OCc2cccc(F)c2)c(Cl)c1)CCNC3. The fourth-order valence-electron chi connectivity index (χ4n) is 3.83. The Hall–Kier alpha value is -3.18. The van der Waals surface area contributed by atoms with E-state index in [1.54, 1.807) is 41.8 Å². The Morgan fingerprint density at radius 3 is 3.00 bits per heavy atom. The molecule has 0 spiro atoms. The summed E-state index contributed by atoms with van der Waals surface area (Å²) in [5, 5.41) is 17.9. The van der Waals surface area contributed by atoms with E-state index in [-0.39, 0.29) is 12.4 Å². The van der Waals surface area contributed by atoms with Gasteiger partial charge in [-0.1, -0.05) is 23.7 Å². The summed E-state index contributed by atoms with van der Waals surface area (Å²) >= 11 is 8.12. The van der Waals surface area contributed by atoms with Gasteiger partial charge in [-0.15, -0.1) is 11.3 Å². The lowest BCUT2D eigenvalue weighted by Gasteiger charge is -2.16. The van der Waals surface area contributed by atoms with Crippen LogP contribution in [0.4, 0.5) is 15.8 Å². The first kappa shape index (κ1) is 20.7. The smallest absolute Gasteiger partial charge is 0.138 e. The number of fused-ring (bicyclic) bond motifs is 3. The van der Waals surface area contributed by atoms with E-state index in [0.29, 0.717) is 16.3 Å². The number of nitriles is 1. The Morgan fingerprint density at radius 2 is 2.19 bits per heavy atom. The number of rotatable bonds is 5. The molecule has 3 heterocycles. The van der Waals surface area contributed by atoms with E-state index in [9.17, 15) is 9.65 Å². The van der Waals surface area contributed by atoms with Crippen molar-refractivity contribution in [1.82, 2.24) is 10.3 Å². The molecule has 5 nitrogen and oxygen atoms in total. The third kappa shape index (κ3) is 4.00. The molecule has 0 amide bonds. The summed E-state index contributed by atoms with van der Waals surface area (Å²) in [5.74, 6) is 0.195. The van der Waals surface area contributed by atoms with E-state index in [1.165, 1.54) is 22.6 Å². The number of ether oxygens (including phenoxy) is 1. The lowest BCUT2D eigenvalue weighted by atomic mass is 10.0. The van der Waals surface area contributed by atoms with Crippen LogP contribution in [-0.2, 0) is 19.6 Å². The minimum atomic E-state index is -0.305. The largest absolute Gasteiger partial charge is 0.487 e. The zero-order valence-corrected chi connectivity index (χ0v) is 18.5. The summed E-state index contributed by atoms with van der Waals surface area (Å²) in [7, 11) is 0. The lowest BCUT2D eigenvalue weighted by Crippen LogP contribution is -2.22.